The van der Waals surface area contributed by atoms with Crippen LogP contribution in [0, 0.1) is 0 Å². The Hall–Kier alpha value is -0.650. The highest BCUT2D eigenvalue weighted by molar-refractivity contribution is 5.75. The highest BCUT2D eigenvalue weighted by atomic mass is 16.5. The topological polar surface area (TPSA) is 59.6 Å². The molecular formula is C10H22N2O3. The molecular weight excluding hydrogens is 196 g/mol. The summed E-state index contributed by atoms with van der Waals surface area (Å²) in [5.41, 5.74) is 0. The van der Waals surface area contributed by atoms with Gasteiger partial charge in [0, 0.05) is 26.6 Å². The number of nitrogens with one attached hydrogen (secondary N) is 2. The van der Waals surface area contributed by atoms with E-state index in [0.29, 0.717) is 32.8 Å². The Morgan fingerprint density at radius 3 is 2.67 bits per heavy atom. The summed E-state index contributed by atoms with van der Waals surface area (Å²) in [4.78, 5) is 11.2. The van der Waals surface area contributed by atoms with Gasteiger partial charge in [-0.1, -0.05) is 6.92 Å². The molecule has 0 aromatic carbocycles. The summed E-state index contributed by atoms with van der Waals surface area (Å²) in [7, 11) is 1.62. The lowest BCUT2D eigenvalue weighted by Crippen LogP contribution is -2.32. The molecule has 1 amide bonds. The van der Waals surface area contributed by atoms with Crippen LogP contribution in [0.25, 0.3) is 0 Å². The monoisotopic (exact) mass is 218 g/mol. The Labute approximate surface area is 91.5 Å². The zero-order chi connectivity index (χ0) is 11.4. The van der Waals surface area contributed by atoms with Gasteiger partial charge in [0.2, 0.25) is 5.91 Å². The first kappa shape index (κ1) is 14.3. The third-order valence-electron chi connectivity index (χ3n) is 1.78. The zero-order valence-electron chi connectivity index (χ0n) is 9.67. The number of rotatable bonds is 10. The van der Waals surface area contributed by atoms with Crippen molar-refractivity contribution in [2.45, 2.75) is 13.3 Å². The van der Waals surface area contributed by atoms with Gasteiger partial charge in [-0.05, 0) is 6.54 Å². The van der Waals surface area contributed by atoms with Crippen LogP contribution in [0.2, 0.25) is 0 Å². The molecule has 0 fully saturated rings. The number of hydrogen-bond acceptors (Lipinski definition) is 4. The van der Waals surface area contributed by atoms with E-state index in [9.17, 15) is 4.79 Å². The van der Waals surface area contributed by atoms with Crippen molar-refractivity contribution in [3.63, 3.8) is 0 Å². The molecule has 0 spiro atoms. The smallest absolute Gasteiger partial charge is 0.222 e. The van der Waals surface area contributed by atoms with E-state index in [1.54, 1.807) is 7.11 Å². The Bertz CT molecular complexity index is 154. The van der Waals surface area contributed by atoms with Crippen LogP contribution in [-0.2, 0) is 14.3 Å². The maximum atomic E-state index is 11.2. The van der Waals surface area contributed by atoms with Crippen LogP contribution < -0.4 is 10.6 Å². The van der Waals surface area contributed by atoms with Gasteiger partial charge >= 0.3 is 0 Å². The van der Waals surface area contributed by atoms with Crippen molar-refractivity contribution in [3.8, 4) is 0 Å². The van der Waals surface area contributed by atoms with Gasteiger partial charge in [0.05, 0.1) is 19.8 Å². The van der Waals surface area contributed by atoms with Gasteiger partial charge in [0.25, 0.3) is 0 Å². The molecule has 0 saturated heterocycles. The van der Waals surface area contributed by atoms with Gasteiger partial charge < -0.3 is 20.1 Å². The van der Waals surface area contributed by atoms with Gasteiger partial charge in [0.15, 0.2) is 0 Å². The van der Waals surface area contributed by atoms with Crippen LogP contribution in [0.4, 0.5) is 0 Å². The van der Waals surface area contributed by atoms with Crippen LogP contribution >= 0.6 is 0 Å². The molecule has 0 aliphatic carbocycles. The van der Waals surface area contributed by atoms with Gasteiger partial charge in [-0.3, -0.25) is 4.79 Å². The Morgan fingerprint density at radius 1 is 1.20 bits per heavy atom. The summed E-state index contributed by atoms with van der Waals surface area (Å²) in [5, 5.41) is 5.92. The maximum absolute atomic E-state index is 11.2. The molecule has 15 heavy (non-hydrogen) atoms. The molecule has 0 radical (unpaired) electrons. The number of carbonyl (C=O) groups is 1. The van der Waals surface area contributed by atoms with E-state index in [2.05, 4.69) is 10.6 Å². The average molecular weight is 218 g/mol. The van der Waals surface area contributed by atoms with Gasteiger partial charge in [0.1, 0.15) is 0 Å². The van der Waals surface area contributed by atoms with E-state index in [1.807, 2.05) is 6.92 Å². The lowest BCUT2D eigenvalue weighted by molar-refractivity contribution is -0.122. The number of ether oxygens (including phenoxy) is 2. The second kappa shape index (κ2) is 11.4. The van der Waals surface area contributed by atoms with E-state index >= 15 is 0 Å². The number of hydrogen-bond donors (Lipinski definition) is 2. The number of carbonyl (C=O) groups excluding carboxylic acids is 1. The third kappa shape index (κ3) is 11.3. The summed E-state index contributed by atoms with van der Waals surface area (Å²) in [6.07, 6.45) is 0.413. The first-order valence-corrected chi connectivity index (χ1v) is 5.35. The van der Waals surface area contributed by atoms with Crippen molar-refractivity contribution in [1.29, 1.82) is 0 Å². The van der Waals surface area contributed by atoms with Gasteiger partial charge in [-0.2, -0.15) is 0 Å². The minimum absolute atomic E-state index is 0.0327. The van der Waals surface area contributed by atoms with E-state index < -0.39 is 0 Å². The second-order valence-corrected chi connectivity index (χ2v) is 3.06. The number of likely N-dealkylation sites (N-methyl/N-ethyl adjacent to an activating group) is 1. The fourth-order valence-corrected chi connectivity index (χ4v) is 0.965. The highest BCUT2D eigenvalue weighted by Crippen LogP contribution is 1.83. The van der Waals surface area contributed by atoms with E-state index in [0.717, 1.165) is 13.1 Å². The lowest BCUT2D eigenvalue weighted by atomic mass is 10.4. The van der Waals surface area contributed by atoms with Crippen molar-refractivity contribution in [2.75, 3.05) is 46.6 Å². The van der Waals surface area contributed by atoms with Crippen LogP contribution in [0.15, 0.2) is 0 Å². The molecule has 0 saturated carbocycles. The molecule has 5 heteroatoms. The minimum atomic E-state index is 0.0327. The molecule has 0 rings (SSSR count). The fourth-order valence-electron chi connectivity index (χ4n) is 0.965. The van der Waals surface area contributed by atoms with Crippen molar-refractivity contribution in [3.05, 3.63) is 0 Å². The fraction of sp³-hybridized carbons (Fsp3) is 0.900. The predicted octanol–water partition coefficient (Wildman–Crippen LogP) is -0.235. The molecule has 0 aromatic heterocycles. The molecule has 0 bridgehead atoms. The minimum Gasteiger partial charge on any atom is -0.382 e. The van der Waals surface area contributed by atoms with Crippen LogP contribution in [0.5, 0.6) is 0 Å². The molecule has 5 nitrogen and oxygen atoms in total. The first-order chi connectivity index (χ1) is 7.31. The number of methoxy groups -OCH3 is 1. The largest absolute Gasteiger partial charge is 0.382 e. The molecule has 0 aliphatic rings. The molecule has 0 aliphatic heterocycles. The normalized spacial score (nSPS) is 10.3. The van der Waals surface area contributed by atoms with Crippen molar-refractivity contribution in [1.82, 2.24) is 10.6 Å². The van der Waals surface area contributed by atoms with Crippen molar-refractivity contribution >= 4 is 5.91 Å². The van der Waals surface area contributed by atoms with Crippen LogP contribution in [0.1, 0.15) is 13.3 Å². The maximum Gasteiger partial charge on any atom is 0.222 e. The summed E-state index contributed by atoms with van der Waals surface area (Å²) in [6.45, 7) is 6.01. The van der Waals surface area contributed by atoms with Crippen molar-refractivity contribution in [2.24, 2.45) is 0 Å². The SMILES string of the molecule is CCNCCNC(=O)CCOCCOC. The second-order valence-electron chi connectivity index (χ2n) is 3.06. The zero-order valence-corrected chi connectivity index (χ0v) is 9.67. The van der Waals surface area contributed by atoms with E-state index in [-0.39, 0.29) is 5.91 Å². The summed E-state index contributed by atoms with van der Waals surface area (Å²) in [5.74, 6) is 0.0327. The van der Waals surface area contributed by atoms with Crippen molar-refractivity contribution < 1.29 is 14.3 Å². The Morgan fingerprint density at radius 2 is 2.00 bits per heavy atom. The molecule has 0 heterocycles. The summed E-state index contributed by atoms with van der Waals surface area (Å²) >= 11 is 0. The van der Waals surface area contributed by atoms with Crippen LogP contribution in [-0.4, -0.2) is 52.5 Å². The summed E-state index contributed by atoms with van der Waals surface area (Å²) in [6, 6.07) is 0. The standard InChI is InChI=1S/C10H22N2O3/c1-3-11-5-6-12-10(13)4-7-15-9-8-14-2/h11H,3-9H2,1-2H3,(H,12,13). The number of amides is 1. The van der Waals surface area contributed by atoms with Gasteiger partial charge in [-0.15, -0.1) is 0 Å². The van der Waals surface area contributed by atoms with E-state index in [4.69, 9.17) is 9.47 Å². The van der Waals surface area contributed by atoms with Crippen LogP contribution in [0.3, 0.4) is 0 Å². The molecule has 0 aromatic rings. The Balaban J connectivity index is 3.11. The lowest BCUT2D eigenvalue weighted by Gasteiger charge is -2.06. The molecule has 2 N–H and O–H groups in total. The summed E-state index contributed by atoms with van der Waals surface area (Å²) < 4.78 is 9.98. The molecule has 0 unspecified atom stereocenters. The highest BCUT2D eigenvalue weighted by Gasteiger charge is 1.99. The average Bonchev–Trinajstić information content (AvgIpc) is 2.24. The van der Waals surface area contributed by atoms with E-state index in [1.165, 1.54) is 0 Å². The molecule has 0 atom stereocenters. The predicted molar refractivity (Wildman–Crippen MR) is 58.9 cm³/mol. The Kier molecular flexibility index (Phi) is 10.9. The first-order valence-electron chi connectivity index (χ1n) is 5.35. The third-order valence-corrected chi connectivity index (χ3v) is 1.78. The molecule has 90 valence electrons. The van der Waals surface area contributed by atoms with Gasteiger partial charge in [-0.25, -0.2) is 0 Å². The quantitative estimate of drug-likeness (QED) is 0.497.